The smallest absolute Gasteiger partial charge is 0.0281 e. The Morgan fingerprint density at radius 3 is 2.88 bits per heavy atom. The van der Waals surface area contributed by atoms with E-state index in [1.165, 1.54) is 64.6 Å². The molecule has 3 unspecified atom stereocenters. The van der Waals surface area contributed by atoms with Gasteiger partial charge in [0.25, 0.3) is 0 Å². The first kappa shape index (κ1) is 11.0. The molecule has 0 aromatic heterocycles. The van der Waals surface area contributed by atoms with Crippen LogP contribution in [0, 0.1) is 5.92 Å². The zero-order valence-corrected chi connectivity index (χ0v) is 10.7. The topological polar surface area (TPSA) is 15.3 Å². The molecule has 2 saturated heterocycles. The van der Waals surface area contributed by atoms with Crippen LogP contribution in [-0.4, -0.2) is 36.1 Å². The number of fused-ring (bicyclic) bond motifs is 1. The first-order chi connectivity index (χ1) is 7.77. The normalized spacial score (nSPS) is 44.8. The van der Waals surface area contributed by atoms with Crippen molar-refractivity contribution >= 4 is 0 Å². The van der Waals surface area contributed by atoms with E-state index in [2.05, 4.69) is 17.1 Å². The fraction of sp³-hybridized carbons (Fsp3) is 1.00. The number of likely N-dealkylation sites (tertiary alicyclic amines) is 1. The molecule has 0 amide bonds. The van der Waals surface area contributed by atoms with Crippen LogP contribution in [0.2, 0.25) is 0 Å². The summed E-state index contributed by atoms with van der Waals surface area (Å²) < 4.78 is 0. The molecule has 0 spiro atoms. The largest absolute Gasteiger partial charge is 0.310 e. The molecule has 3 fully saturated rings. The lowest BCUT2D eigenvalue weighted by Crippen LogP contribution is -2.53. The van der Waals surface area contributed by atoms with Gasteiger partial charge >= 0.3 is 0 Å². The van der Waals surface area contributed by atoms with Crippen LogP contribution < -0.4 is 5.32 Å². The molecule has 0 radical (unpaired) electrons. The number of hydrogen-bond acceptors (Lipinski definition) is 2. The maximum Gasteiger partial charge on any atom is 0.0281 e. The van der Waals surface area contributed by atoms with Crippen LogP contribution in [0.25, 0.3) is 0 Å². The van der Waals surface area contributed by atoms with Gasteiger partial charge in [0, 0.05) is 18.1 Å². The van der Waals surface area contributed by atoms with Gasteiger partial charge in [-0.05, 0) is 64.5 Å². The molecular weight excluding hydrogens is 196 g/mol. The third kappa shape index (κ3) is 2.02. The van der Waals surface area contributed by atoms with Gasteiger partial charge in [0.15, 0.2) is 0 Å². The molecule has 2 aliphatic heterocycles. The number of rotatable bonds is 2. The molecular formula is C14H26N2. The Labute approximate surface area is 99.8 Å². The van der Waals surface area contributed by atoms with Crippen molar-refractivity contribution < 1.29 is 0 Å². The average molecular weight is 222 g/mol. The van der Waals surface area contributed by atoms with Gasteiger partial charge in [-0.1, -0.05) is 6.42 Å². The van der Waals surface area contributed by atoms with E-state index in [0.29, 0.717) is 5.54 Å². The van der Waals surface area contributed by atoms with Gasteiger partial charge in [0.05, 0.1) is 0 Å². The van der Waals surface area contributed by atoms with Crippen LogP contribution in [0.5, 0.6) is 0 Å². The van der Waals surface area contributed by atoms with Gasteiger partial charge in [-0.3, -0.25) is 4.90 Å². The molecule has 0 bridgehead atoms. The zero-order valence-electron chi connectivity index (χ0n) is 10.7. The average Bonchev–Trinajstić information content (AvgIpc) is 2.87. The predicted molar refractivity (Wildman–Crippen MR) is 67.6 cm³/mol. The fourth-order valence-corrected chi connectivity index (χ4v) is 4.29. The van der Waals surface area contributed by atoms with E-state index in [1.54, 1.807) is 0 Å². The Bertz CT molecular complexity index is 245. The van der Waals surface area contributed by atoms with Crippen LogP contribution in [0.1, 0.15) is 51.9 Å². The van der Waals surface area contributed by atoms with E-state index in [-0.39, 0.29) is 0 Å². The monoisotopic (exact) mass is 222 g/mol. The van der Waals surface area contributed by atoms with Gasteiger partial charge in [-0.15, -0.1) is 0 Å². The Kier molecular flexibility index (Phi) is 2.97. The third-order valence-corrected chi connectivity index (χ3v) is 5.12. The lowest BCUT2D eigenvalue weighted by atomic mass is 9.89. The second kappa shape index (κ2) is 4.30. The summed E-state index contributed by atoms with van der Waals surface area (Å²) in [7, 11) is 0. The van der Waals surface area contributed by atoms with Crippen molar-refractivity contribution in [1.29, 1.82) is 0 Å². The molecule has 3 aliphatic rings. The minimum absolute atomic E-state index is 0.421. The lowest BCUT2D eigenvalue weighted by molar-refractivity contribution is 0.0848. The Morgan fingerprint density at radius 2 is 2.06 bits per heavy atom. The molecule has 1 saturated carbocycles. The molecule has 2 heterocycles. The molecule has 3 rings (SSSR count). The molecule has 16 heavy (non-hydrogen) atoms. The quantitative estimate of drug-likeness (QED) is 0.772. The highest BCUT2D eigenvalue weighted by atomic mass is 15.2. The van der Waals surface area contributed by atoms with Crippen molar-refractivity contribution in [2.45, 2.75) is 63.5 Å². The summed E-state index contributed by atoms with van der Waals surface area (Å²) in [4.78, 5) is 2.82. The minimum Gasteiger partial charge on any atom is -0.310 e. The first-order valence-electron chi connectivity index (χ1n) is 7.26. The van der Waals surface area contributed by atoms with Crippen molar-refractivity contribution in [2.24, 2.45) is 5.92 Å². The van der Waals surface area contributed by atoms with Crippen molar-refractivity contribution in [3.63, 3.8) is 0 Å². The molecule has 2 heteroatoms. The zero-order chi connectivity index (χ0) is 11.0. The molecule has 1 N–H and O–H groups in total. The summed E-state index contributed by atoms with van der Waals surface area (Å²) in [6.45, 7) is 6.32. The number of hydrogen-bond donors (Lipinski definition) is 1. The summed E-state index contributed by atoms with van der Waals surface area (Å²) in [5, 5.41) is 3.72. The van der Waals surface area contributed by atoms with Crippen LogP contribution >= 0.6 is 0 Å². The molecule has 0 aromatic rings. The highest BCUT2D eigenvalue weighted by Crippen LogP contribution is 2.37. The standard InChI is InChI=1S/C14H26N2/c1-14(8-4-9-15-14)11-16-10-3-6-12-5-2-7-13(12)16/h12-13,15H,2-11H2,1H3. The van der Waals surface area contributed by atoms with Crippen LogP contribution in [0.3, 0.4) is 0 Å². The van der Waals surface area contributed by atoms with E-state index < -0.39 is 0 Å². The maximum absolute atomic E-state index is 3.72. The molecule has 2 nitrogen and oxygen atoms in total. The summed E-state index contributed by atoms with van der Waals surface area (Å²) in [6, 6.07) is 0.938. The Balaban J connectivity index is 1.64. The van der Waals surface area contributed by atoms with Crippen LogP contribution in [0.15, 0.2) is 0 Å². The fourth-order valence-electron chi connectivity index (χ4n) is 4.29. The van der Waals surface area contributed by atoms with Crippen LogP contribution in [0.4, 0.5) is 0 Å². The highest BCUT2D eigenvalue weighted by Gasteiger charge is 2.38. The minimum atomic E-state index is 0.421. The van der Waals surface area contributed by atoms with Crippen molar-refractivity contribution in [3.05, 3.63) is 0 Å². The molecule has 3 atom stereocenters. The second-order valence-corrected chi connectivity index (χ2v) is 6.46. The highest BCUT2D eigenvalue weighted by molar-refractivity contribution is 4.96. The molecule has 92 valence electrons. The third-order valence-electron chi connectivity index (χ3n) is 5.12. The SMILES string of the molecule is CC1(CN2CCCC3CCCC32)CCCN1. The van der Waals surface area contributed by atoms with Crippen molar-refractivity contribution in [3.8, 4) is 0 Å². The predicted octanol–water partition coefficient (Wildman–Crippen LogP) is 2.39. The van der Waals surface area contributed by atoms with Gasteiger partial charge in [-0.2, -0.15) is 0 Å². The Morgan fingerprint density at radius 1 is 1.19 bits per heavy atom. The maximum atomic E-state index is 3.72. The molecule has 0 aromatic carbocycles. The van der Waals surface area contributed by atoms with E-state index in [4.69, 9.17) is 0 Å². The van der Waals surface area contributed by atoms with E-state index >= 15 is 0 Å². The lowest BCUT2D eigenvalue weighted by Gasteiger charge is -2.42. The number of nitrogens with zero attached hydrogens (tertiary/aromatic N) is 1. The first-order valence-corrected chi connectivity index (χ1v) is 7.26. The Hall–Kier alpha value is -0.0800. The summed E-state index contributed by atoms with van der Waals surface area (Å²) >= 11 is 0. The van der Waals surface area contributed by atoms with Crippen molar-refractivity contribution in [2.75, 3.05) is 19.6 Å². The second-order valence-electron chi connectivity index (χ2n) is 6.46. The van der Waals surface area contributed by atoms with Gasteiger partial charge in [0.2, 0.25) is 0 Å². The number of piperidine rings is 1. The summed E-state index contributed by atoms with van der Waals surface area (Å²) in [5.41, 5.74) is 0.421. The van der Waals surface area contributed by atoms with Gasteiger partial charge in [0.1, 0.15) is 0 Å². The van der Waals surface area contributed by atoms with Crippen LogP contribution in [-0.2, 0) is 0 Å². The number of nitrogens with one attached hydrogen (secondary N) is 1. The van der Waals surface area contributed by atoms with Gasteiger partial charge < -0.3 is 5.32 Å². The summed E-state index contributed by atoms with van der Waals surface area (Å²) in [5.74, 6) is 1.04. The van der Waals surface area contributed by atoms with E-state index in [9.17, 15) is 0 Å². The van der Waals surface area contributed by atoms with E-state index in [1.807, 2.05) is 0 Å². The summed E-state index contributed by atoms with van der Waals surface area (Å²) in [6.07, 6.45) is 10.2. The van der Waals surface area contributed by atoms with E-state index in [0.717, 1.165) is 12.0 Å². The molecule has 1 aliphatic carbocycles. The van der Waals surface area contributed by atoms with Crippen molar-refractivity contribution in [1.82, 2.24) is 10.2 Å². The van der Waals surface area contributed by atoms with Gasteiger partial charge in [-0.25, -0.2) is 0 Å².